The number of carbonyl (C=O) groups is 1. The average Bonchev–Trinajstić information content (AvgIpc) is 2.27. The Morgan fingerprint density at radius 3 is 2.05 bits per heavy atom. The molecule has 6 heteroatoms. The maximum atomic E-state index is 12.5. The van der Waals surface area contributed by atoms with E-state index in [0.717, 1.165) is 0 Å². The maximum absolute atomic E-state index is 12.5. The summed E-state index contributed by atoms with van der Waals surface area (Å²) in [6.07, 6.45) is -2.82. The lowest BCUT2D eigenvalue weighted by Crippen LogP contribution is -2.49. The van der Waals surface area contributed by atoms with Crippen LogP contribution in [0.4, 0.5) is 13.2 Å². The molecule has 1 atom stereocenters. The molecule has 112 valence electrons. The SMILES string of the molecule is CC(C)NC(=O)C(C)NC1CCC(C(F)(F)F)CC1. The standard InChI is InChI=1S/C13H23F3N2O/c1-8(2)17-12(19)9(3)18-11-6-4-10(5-7-11)13(14,15)16/h8-11,18H,4-7H2,1-3H3,(H,17,19). The summed E-state index contributed by atoms with van der Waals surface area (Å²) in [5.41, 5.74) is 0. The molecule has 1 aliphatic rings. The van der Waals surface area contributed by atoms with Crippen LogP contribution in [0.2, 0.25) is 0 Å². The van der Waals surface area contributed by atoms with Crippen molar-refractivity contribution in [2.24, 2.45) is 5.92 Å². The predicted molar refractivity (Wildman–Crippen MR) is 67.7 cm³/mol. The lowest BCUT2D eigenvalue weighted by molar-refractivity contribution is -0.182. The number of carbonyl (C=O) groups excluding carboxylic acids is 1. The highest BCUT2D eigenvalue weighted by molar-refractivity contribution is 5.81. The zero-order valence-corrected chi connectivity index (χ0v) is 11.7. The zero-order valence-electron chi connectivity index (χ0n) is 11.7. The molecule has 1 rings (SSSR count). The predicted octanol–water partition coefficient (Wildman–Crippen LogP) is 2.61. The number of rotatable bonds is 4. The van der Waals surface area contributed by atoms with Crippen LogP contribution in [0, 0.1) is 5.92 Å². The van der Waals surface area contributed by atoms with E-state index in [1.54, 1.807) is 6.92 Å². The van der Waals surface area contributed by atoms with Crippen molar-refractivity contribution in [1.82, 2.24) is 10.6 Å². The highest BCUT2D eigenvalue weighted by Gasteiger charge is 2.41. The van der Waals surface area contributed by atoms with Gasteiger partial charge in [0.15, 0.2) is 0 Å². The van der Waals surface area contributed by atoms with Crippen LogP contribution in [0.1, 0.15) is 46.5 Å². The summed E-state index contributed by atoms with van der Waals surface area (Å²) < 4.78 is 37.6. The lowest BCUT2D eigenvalue weighted by atomic mass is 9.85. The van der Waals surface area contributed by atoms with Gasteiger partial charge in [0.1, 0.15) is 0 Å². The Labute approximate surface area is 112 Å². The van der Waals surface area contributed by atoms with E-state index in [4.69, 9.17) is 0 Å². The van der Waals surface area contributed by atoms with Crippen LogP contribution in [0.5, 0.6) is 0 Å². The molecule has 1 amide bonds. The van der Waals surface area contributed by atoms with E-state index in [2.05, 4.69) is 10.6 Å². The Morgan fingerprint density at radius 1 is 1.11 bits per heavy atom. The fourth-order valence-corrected chi connectivity index (χ4v) is 2.43. The van der Waals surface area contributed by atoms with E-state index >= 15 is 0 Å². The van der Waals surface area contributed by atoms with Gasteiger partial charge in [-0.25, -0.2) is 0 Å². The van der Waals surface area contributed by atoms with Gasteiger partial charge >= 0.3 is 6.18 Å². The van der Waals surface area contributed by atoms with E-state index in [1.165, 1.54) is 0 Å². The minimum Gasteiger partial charge on any atom is -0.353 e. The van der Waals surface area contributed by atoms with Gasteiger partial charge in [-0.3, -0.25) is 4.79 Å². The summed E-state index contributed by atoms with van der Waals surface area (Å²) in [4.78, 5) is 11.7. The van der Waals surface area contributed by atoms with E-state index in [9.17, 15) is 18.0 Å². The number of nitrogens with one attached hydrogen (secondary N) is 2. The number of halogens is 3. The van der Waals surface area contributed by atoms with Gasteiger partial charge < -0.3 is 10.6 Å². The molecule has 1 aliphatic carbocycles. The van der Waals surface area contributed by atoms with E-state index < -0.39 is 12.1 Å². The third-order valence-corrected chi connectivity index (χ3v) is 3.50. The van der Waals surface area contributed by atoms with Crippen LogP contribution >= 0.6 is 0 Å². The molecule has 2 N–H and O–H groups in total. The Bertz CT molecular complexity index is 297. The van der Waals surface area contributed by atoms with Crippen LogP contribution in [-0.2, 0) is 4.79 Å². The minimum atomic E-state index is -4.08. The molecule has 3 nitrogen and oxygen atoms in total. The molecule has 0 aromatic rings. The van der Waals surface area contributed by atoms with Crippen molar-refractivity contribution in [2.45, 2.75) is 70.8 Å². The maximum Gasteiger partial charge on any atom is 0.391 e. The molecule has 0 radical (unpaired) electrons. The monoisotopic (exact) mass is 280 g/mol. The van der Waals surface area contributed by atoms with Gasteiger partial charge in [-0.05, 0) is 46.5 Å². The molecule has 0 spiro atoms. The lowest BCUT2D eigenvalue weighted by Gasteiger charge is -2.32. The highest BCUT2D eigenvalue weighted by Crippen LogP contribution is 2.37. The molecular formula is C13H23F3N2O. The fourth-order valence-electron chi connectivity index (χ4n) is 2.43. The van der Waals surface area contributed by atoms with Crippen molar-refractivity contribution < 1.29 is 18.0 Å². The molecular weight excluding hydrogens is 257 g/mol. The van der Waals surface area contributed by atoms with Gasteiger partial charge in [-0.1, -0.05) is 0 Å². The molecule has 0 aromatic carbocycles. The number of amides is 1. The first kappa shape index (κ1) is 16.3. The second kappa shape index (κ2) is 6.59. The van der Waals surface area contributed by atoms with Crippen molar-refractivity contribution in [3.8, 4) is 0 Å². The first-order valence-corrected chi connectivity index (χ1v) is 6.83. The molecule has 1 saturated carbocycles. The summed E-state index contributed by atoms with van der Waals surface area (Å²) in [6.45, 7) is 5.49. The average molecular weight is 280 g/mol. The van der Waals surface area contributed by atoms with Crippen LogP contribution in [0.25, 0.3) is 0 Å². The second-order valence-corrected chi connectivity index (χ2v) is 5.64. The van der Waals surface area contributed by atoms with E-state index in [-0.39, 0.29) is 36.9 Å². The Balaban J connectivity index is 2.35. The van der Waals surface area contributed by atoms with Gasteiger partial charge in [0.05, 0.1) is 12.0 Å². The number of hydrogen-bond donors (Lipinski definition) is 2. The third kappa shape index (κ3) is 5.38. The van der Waals surface area contributed by atoms with Gasteiger partial charge in [0.25, 0.3) is 0 Å². The summed E-state index contributed by atoms with van der Waals surface area (Å²) in [5, 5.41) is 5.90. The quantitative estimate of drug-likeness (QED) is 0.831. The summed E-state index contributed by atoms with van der Waals surface area (Å²) in [5.74, 6) is -1.28. The zero-order chi connectivity index (χ0) is 14.6. The smallest absolute Gasteiger partial charge is 0.353 e. The van der Waals surface area contributed by atoms with Crippen LogP contribution in [0.15, 0.2) is 0 Å². The van der Waals surface area contributed by atoms with Crippen molar-refractivity contribution in [3.63, 3.8) is 0 Å². The molecule has 1 fully saturated rings. The van der Waals surface area contributed by atoms with Crippen LogP contribution in [0.3, 0.4) is 0 Å². The summed E-state index contributed by atoms with van der Waals surface area (Å²) in [7, 11) is 0. The molecule has 1 unspecified atom stereocenters. The van der Waals surface area contributed by atoms with Crippen molar-refractivity contribution in [3.05, 3.63) is 0 Å². The minimum absolute atomic E-state index is 0.00603. The molecule has 19 heavy (non-hydrogen) atoms. The van der Waals surface area contributed by atoms with Gasteiger partial charge in [0.2, 0.25) is 5.91 Å². The number of hydrogen-bond acceptors (Lipinski definition) is 2. The molecule has 0 aromatic heterocycles. The largest absolute Gasteiger partial charge is 0.391 e. The molecule has 0 heterocycles. The molecule has 0 saturated heterocycles. The third-order valence-electron chi connectivity index (χ3n) is 3.50. The van der Waals surface area contributed by atoms with E-state index in [0.29, 0.717) is 12.8 Å². The van der Waals surface area contributed by atoms with Gasteiger partial charge in [0, 0.05) is 12.1 Å². The summed E-state index contributed by atoms with van der Waals surface area (Å²) in [6, 6.07) is -0.293. The van der Waals surface area contributed by atoms with Crippen molar-refractivity contribution in [2.75, 3.05) is 0 Å². The Hall–Kier alpha value is -0.780. The fraction of sp³-hybridized carbons (Fsp3) is 0.923. The molecule has 0 bridgehead atoms. The first-order chi connectivity index (χ1) is 8.70. The van der Waals surface area contributed by atoms with Gasteiger partial charge in [-0.15, -0.1) is 0 Å². The Kier molecular flexibility index (Phi) is 5.64. The molecule has 0 aliphatic heterocycles. The van der Waals surface area contributed by atoms with Crippen LogP contribution < -0.4 is 10.6 Å². The highest BCUT2D eigenvalue weighted by atomic mass is 19.4. The van der Waals surface area contributed by atoms with Gasteiger partial charge in [-0.2, -0.15) is 13.2 Å². The number of alkyl halides is 3. The topological polar surface area (TPSA) is 41.1 Å². The van der Waals surface area contributed by atoms with E-state index in [1.807, 2.05) is 13.8 Å². The van der Waals surface area contributed by atoms with Crippen molar-refractivity contribution in [1.29, 1.82) is 0 Å². The Morgan fingerprint density at radius 2 is 1.63 bits per heavy atom. The summed E-state index contributed by atoms with van der Waals surface area (Å²) >= 11 is 0. The second-order valence-electron chi connectivity index (χ2n) is 5.64. The van der Waals surface area contributed by atoms with Crippen LogP contribution in [-0.4, -0.2) is 30.2 Å². The first-order valence-electron chi connectivity index (χ1n) is 6.83. The normalized spacial score (nSPS) is 26.3. The van der Waals surface area contributed by atoms with Crippen molar-refractivity contribution >= 4 is 5.91 Å².